The normalized spacial score (nSPS) is 14.3. The molecule has 1 saturated heterocycles. The van der Waals surface area contributed by atoms with E-state index in [1.165, 1.54) is 13.2 Å². The first kappa shape index (κ1) is 21.5. The Bertz CT molecular complexity index is 962. The van der Waals surface area contributed by atoms with Gasteiger partial charge in [-0.05, 0) is 36.8 Å². The molecule has 0 aliphatic carbocycles. The molecule has 0 unspecified atom stereocenters. The van der Waals surface area contributed by atoms with Crippen LogP contribution in [0.5, 0.6) is 11.5 Å². The smallest absolute Gasteiger partial charge is 0.264 e. The minimum Gasteiger partial charge on any atom is -0.493 e. The molecular formula is C23H24ClN3O3. The highest BCUT2D eigenvalue weighted by Gasteiger charge is 2.24. The fourth-order valence-electron chi connectivity index (χ4n) is 3.36. The molecule has 0 atom stereocenters. The van der Waals surface area contributed by atoms with Crippen LogP contribution in [0.3, 0.4) is 0 Å². The van der Waals surface area contributed by atoms with Gasteiger partial charge in [0.1, 0.15) is 11.6 Å². The van der Waals surface area contributed by atoms with E-state index in [0.29, 0.717) is 54.9 Å². The Hall–Kier alpha value is -3.17. The van der Waals surface area contributed by atoms with E-state index in [4.69, 9.17) is 21.1 Å². The van der Waals surface area contributed by atoms with E-state index in [2.05, 4.69) is 17.0 Å². The number of para-hydroxylation sites is 1. The van der Waals surface area contributed by atoms with Crippen LogP contribution in [0.15, 0.2) is 48.0 Å². The van der Waals surface area contributed by atoms with E-state index in [-0.39, 0.29) is 11.5 Å². The zero-order valence-electron chi connectivity index (χ0n) is 17.1. The maximum atomic E-state index is 12.9. The van der Waals surface area contributed by atoms with Gasteiger partial charge in [0.15, 0.2) is 11.5 Å². The van der Waals surface area contributed by atoms with Gasteiger partial charge in [-0.1, -0.05) is 29.8 Å². The number of benzene rings is 2. The van der Waals surface area contributed by atoms with E-state index in [1.807, 2.05) is 31.2 Å². The number of anilines is 1. The molecule has 0 saturated carbocycles. The van der Waals surface area contributed by atoms with Gasteiger partial charge in [-0.3, -0.25) is 4.79 Å². The van der Waals surface area contributed by atoms with Crippen LogP contribution in [0.2, 0.25) is 5.02 Å². The summed E-state index contributed by atoms with van der Waals surface area (Å²) in [5.41, 5.74) is 1.70. The molecule has 3 rings (SSSR count). The number of hydrogen-bond donors (Lipinski definition) is 0. The zero-order chi connectivity index (χ0) is 21.5. The van der Waals surface area contributed by atoms with Crippen LogP contribution in [-0.4, -0.2) is 50.7 Å². The fourth-order valence-corrected chi connectivity index (χ4v) is 3.57. The van der Waals surface area contributed by atoms with Crippen LogP contribution < -0.4 is 14.4 Å². The number of nitrogens with zero attached hydrogens (tertiary/aromatic N) is 3. The quantitative estimate of drug-likeness (QED) is 0.517. The average molecular weight is 426 g/mol. The van der Waals surface area contributed by atoms with Crippen molar-refractivity contribution in [2.45, 2.75) is 6.92 Å². The third-order valence-corrected chi connectivity index (χ3v) is 5.25. The van der Waals surface area contributed by atoms with Gasteiger partial charge < -0.3 is 19.3 Å². The lowest BCUT2D eigenvalue weighted by Gasteiger charge is -2.36. The van der Waals surface area contributed by atoms with Crippen LogP contribution in [0, 0.1) is 11.3 Å². The zero-order valence-corrected chi connectivity index (χ0v) is 17.9. The van der Waals surface area contributed by atoms with Crippen molar-refractivity contribution in [3.8, 4) is 17.6 Å². The summed E-state index contributed by atoms with van der Waals surface area (Å²) in [5, 5.41) is 9.98. The summed E-state index contributed by atoms with van der Waals surface area (Å²) in [6.07, 6.45) is 1.51. The van der Waals surface area contributed by atoms with Crippen molar-refractivity contribution in [3.05, 3.63) is 58.6 Å². The number of piperazine rings is 1. The lowest BCUT2D eigenvalue weighted by Crippen LogP contribution is -2.49. The number of halogens is 1. The molecule has 1 fully saturated rings. The molecule has 7 heteroatoms. The summed E-state index contributed by atoms with van der Waals surface area (Å²) >= 11 is 6.35. The molecule has 2 aromatic carbocycles. The Morgan fingerprint density at radius 2 is 1.87 bits per heavy atom. The van der Waals surface area contributed by atoms with E-state index in [1.54, 1.807) is 17.0 Å². The first-order valence-corrected chi connectivity index (χ1v) is 10.2. The number of rotatable bonds is 6. The Morgan fingerprint density at radius 1 is 1.17 bits per heavy atom. The minimum absolute atomic E-state index is 0.0382. The largest absolute Gasteiger partial charge is 0.493 e. The first-order valence-electron chi connectivity index (χ1n) is 9.78. The molecule has 0 bridgehead atoms. The van der Waals surface area contributed by atoms with Crippen molar-refractivity contribution in [2.24, 2.45) is 0 Å². The predicted octanol–water partition coefficient (Wildman–Crippen LogP) is 4.00. The maximum absolute atomic E-state index is 12.9. The molecule has 1 aliphatic heterocycles. The number of carbonyl (C=O) groups is 1. The van der Waals surface area contributed by atoms with Crippen molar-refractivity contribution in [3.63, 3.8) is 0 Å². The van der Waals surface area contributed by atoms with Gasteiger partial charge in [-0.25, -0.2) is 0 Å². The van der Waals surface area contributed by atoms with Crippen LogP contribution in [-0.2, 0) is 4.79 Å². The highest BCUT2D eigenvalue weighted by Crippen LogP contribution is 2.34. The number of ether oxygens (including phenoxy) is 2. The van der Waals surface area contributed by atoms with Gasteiger partial charge in [0, 0.05) is 37.9 Å². The third-order valence-electron chi connectivity index (χ3n) is 4.92. The second kappa shape index (κ2) is 10.0. The second-order valence-corrected chi connectivity index (χ2v) is 7.15. The number of carbonyl (C=O) groups excluding carboxylic acids is 1. The van der Waals surface area contributed by atoms with Crippen LogP contribution in [0.25, 0.3) is 6.08 Å². The molecule has 6 nitrogen and oxygen atoms in total. The molecule has 1 heterocycles. The number of hydrogen-bond acceptors (Lipinski definition) is 5. The molecule has 30 heavy (non-hydrogen) atoms. The Morgan fingerprint density at radius 3 is 2.47 bits per heavy atom. The molecule has 0 spiro atoms. The van der Waals surface area contributed by atoms with Crippen LogP contribution >= 0.6 is 11.6 Å². The Labute approximate surface area is 181 Å². The molecule has 156 valence electrons. The summed E-state index contributed by atoms with van der Waals surface area (Å²) < 4.78 is 10.9. The van der Waals surface area contributed by atoms with Gasteiger partial charge in [0.2, 0.25) is 0 Å². The van der Waals surface area contributed by atoms with Crippen LogP contribution in [0.1, 0.15) is 12.5 Å². The first-order chi connectivity index (χ1) is 14.6. The minimum atomic E-state index is -0.297. The second-order valence-electron chi connectivity index (χ2n) is 6.74. The summed E-state index contributed by atoms with van der Waals surface area (Å²) in [6, 6.07) is 15.4. The monoisotopic (exact) mass is 425 g/mol. The molecule has 1 amide bonds. The molecule has 2 aromatic rings. The number of nitriles is 1. The van der Waals surface area contributed by atoms with Gasteiger partial charge in [0.05, 0.1) is 18.7 Å². The highest BCUT2D eigenvalue weighted by atomic mass is 35.5. The number of methoxy groups -OCH3 is 1. The van der Waals surface area contributed by atoms with E-state index in [9.17, 15) is 10.1 Å². The van der Waals surface area contributed by atoms with Gasteiger partial charge in [0.25, 0.3) is 5.91 Å². The molecule has 0 radical (unpaired) electrons. The van der Waals surface area contributed by atoms with E-state index < -0.39 is 0 Å². The average Bonchev–Trinajstić information content (AvgIpc) is 2.79. The predicted molar refractivity (Wildman–Crippen MR) is 118 cm³/mol. The summed E-state index contributed by atoms with van der Waals surface area (Å²) in [4.78, 5) is 16.9. The standard InChI is InChI=1S/C23H24ClN3O3/c1-3-30-22-15-20(24)17(14-21(22)29-2)13-18(16-25)23(28)27-11-9-26(10-12-27)19-7-5-4-6-8-19/h4-8,13-15H,3,9-12H2,1-2H3/b18-13-. The summed E-state index contributed by atoms with van der Waals surface area (Å²) in [7, 11) is 1.53. The van der Waals surface area contributed by atoms with Crippen molar-refractivity contribution >= 4 is 29.3 Å². The van der Waals surface area contributed by atoms with Crippen molar-refractivity contribution in [2.75, 3.05) is 44.8 Å². The van der Waals surface area contributed by atoms with Gasteiger partial charge >= 0.3 is 0 Å². The van der Waals surface area contributed by atoms with Crippen molar-refractivity contribution < 1.29 is 14.3 Å². The van der Waals surface area contributed by atoms with Crippen molar-refractivity contribution in [1.29, 1.82) is 5.26 Å². The lowest BCUT2D eigenvalue weighted by molar-refractivity contribution is -0.126. The molecule has 0 N–H and O–H groups in total. The Kier molecular flexibility index (Phi) is 7.21. The number of amides is 1. The topological polar surface area (TPSA) is 65.8 Å². The SMILES string of the molecule is CCOc1cc(Cl)c(/C=C(/C#N)C(=O)N2CCN(c3ccccc3)CC2)cc1OC. The van der Waals surface area contributed by atoms with Crippen LogP contribution in [0.4, 0.5) is 5.69 Å². The van der Waals surface area contributed by atoms with Gasteiger partial charge in [-0.2, -0.15) is 5.26 Å². The molecular weight excluding hydrogens is 402 g/mol. The van der Waals surface area contributed by atoms with Crippen molar-refractivity contribution in [1.82, 2.24) is 4.90 Å². The fraction of sp³-hybridized carbons (Fsp3) is 0.304. The van der Waals surface area contributed by atoms with E-state index in [0.717, 1.165) is 5.69 Å². The lowest BCUT2D eigenvalue weighted by atomic mass is 10.1. The summed E-state index contributed by atoms with van der Waals surface area (Å²) in [5.74, 6) is 0.715. The molecule has 1 aliphatic rings. The van der Waals surface area contributed by atoms with Gasteiger partial charge in [-0.15, -0.1) is 0 Å². The summed E-state index contributed by atoms with van der Waals surface area (Å²) in [6.45, 7) is 4.86. The Balaban J connectivity index is 1.75. The van der Waals surface area contributed by atoms with E-state index >= 15 is 0 Å². The maximum Gasteiger partial charge on any atom is 0.264 e. The highest BCUT2D eigenvalue weighted by molar-refractivity contribution is 6.32. The molecule has 0 aromatic heterocycles. The third kappa shape index (κ3) is 4.87.